The molecule has 106 valence electrons. The maximum Gasteiger partial charge on any atom is 0.283 e. The highest BCUT2D eigenvalue weighted by atomic mass is 79.9. The first-order chi connectivity index (χ1) is 9.50. The van der Waals surface area contributed by atoms with E-state index in [9.17, 15) is 4.79 Å². The Morgan fingerprint density at radius 1 is 1.45 bits per heavy atom. The minimum atomic E-state index is -0.136. The third-order valence-electron chi connectivity index (χ3n) is 3.00. The zero-order chi connectivity index (χ0) is 14.7. The number of rotatable bonds is 4. The van der Waals surface area contributed by atoms with Crippen LogP contribution in [0.1, 0.15) is 31.1 Å². The van der Waals surface area contributed by atoms with E-state index in [2.05, 4.69) is 31.3 Å². The molecule has 0 fully saturated rings. The van der Waals surface area contributed by atoms with Crippen molar-refractivity contribution in [1.82, 2.24) is 14.8 Å². The van der Waals surface area contributed by atoms with E-state index in [1.807, 2.05) is 32.9 Å². The number of aromatic nitrogens is 3. The molecule has 0 amide bonds. The summed E-state index contributed by atoms with van der Waals surface area (Å²) in [5.74, 6) is 0. The van der Waals surface area contributed by atoms with Gasteiger partial charge in [-0.2, -0.15) is 5.10 Å². The number of nitrogens with zero attached hydrogens (tertiary/aromatic N) is 3. The lowest BCUT2D eigenvalue weighted by Crippen LogP contribution is -2.26. The lowest BCUT2D eigenvalue weighted by atomic mass is 10.2. The molecule has 5 nitrogen and oxygen atoms in total. The quantitative estimate of drug-likeness (QED) is 0.932. The zero-order valence-corrected chi connectivity index (χ0v) is 13.3. The van der Waals surface area contributed by atoms with E-state index in [0.717, 1.165) is 11.3 Å². The van der Waals surface area contributed by atoms with Crippen molar-refractivity contribution in [2.24, 2.45) is 0 Å². The molecule has 0 aliphatic rings. The fourth-order valence-corrected chi connectivity index (χ4v) is 2.24. The van der Waals surface area contributed by atoms with E-state index in [1.54, 1.807) is 12.4 Å². The fraction of sp³-hybridized carbons (Fsp3) is 0.357. The molecule has 0 aromatic carbocycles. The van der Waals surface area contributed by atoms with Crippen molar-refractivity contribution in [3.05, 3.63) is 50.6 Å². The van der Waals surface area contributed by atoms with Gasteiger partial charge in [-0.05, 0) is 48.3 Å². The van der Waals surface area contributed by atoms with Gasteiger partial charge in [0.1, 0.15) is 4.47 Å². The van der Waals surface area contributed by atoms with Crippen molar-refractivity contribution in [3.8, 4) is 0 Å². The number of nitrogens with one attached hydrogen (secondary N) is 1. The van der Waals surface area contributed by atoms with Crippen molar-refractivity contribution in [3.63, 3.8) is 0 Å². The highest BCUT2D eigenvalue weighted by Crippen LogP contribution is 2.18. The minimum Gasteiger partial charge on any atom is -0.377 e. The second-order valence-electron chi connectivity index (χ2n) is 4.84. The third kappa shape index (κ3) is 3.07. The number of anilines is 1. The summed E-state index contributed by atoms with van der Waals surface area (Å²) in [7, 11) is 0. The van der Waals surface area contributed by atoms with Crippen molar-refractivity contribution in [2.45, 2.75) is 33.4 Å². The molecule has 0 saturated carbocycles. The first kappa shape index (κ1) is 14.7. The topological polar surface area (TPSA) is 59.8 Å². The molecule has 0 bridgehead atoms. The summed E-state index contributed by atoms with van der Waals surface area (Å²) in [5.41, 5.74) is 2.60. The zero-order valence-electron chi connectivity index (χ0n) is 11.7. The number of hydrogen-bond donors (Lipinski definition) is 1. The number of halogens is 1. The van der Waals surface area contributed by atoms with Gasteiger partial charge >= 0.3 is 0 Å². The van der Waals surface area contributed by atoms with Gasteiger partial charge < -0.3 is 5.32 Å². The van der Waals surface area contributed by atoms with Crippen LogP contribution in [0.2, 0.25) is 0 Å². The first-order valence-electron chi connectivity index (χ1n) is 6.42. The average molecular weight is 337 g/mol. The Balaban J connectivity index is 2.21. The Morgan fingerprint density at radius 3 is 2.85 bits per heavy atom. The molecule has 2 rings (SSSR count). The molecule has 0 saturated heterocycles. The Bertz CT molecular complexity index is 666. The summed E-state index contributed by atoms with van der Waals surface area (Å²) in [6.07, 6.45) is 3.41. The Labute approximate surface area is 126 Å². The van der Waals surface area contributed by atoms with Crippen LogP contribution in [0, 0.1) is 6.92 Å². The van der Waals surface area contributed by atoms with E-state index in [-0.39, 0.29) is 11.6 Å². The molecule has 0 aliphatic heterocycles. The molecule has 0 radical (unpaired) electrons. The lowest BCUT2D eigenvalue weighted by molar-refractivity contribution is 0.501. The summed E-state index contributed by atoms with van der Waals surface area (Å²) in [6, 6.07) is 3.94. The van der Waals surface area contributed by atoms with E-state index in [1.165, 1.54) is 4.68 Å². The number of pyridine rings is 1. The lowest BCUT2D eigenvalue weighted by Gasteiger charge is -2.12. The molecule has 6 heteroatoms. The molecular weight excluding hydrogens is 320 g/mol. The summed E-state index contributed by atoms with van der Waals surface area (Å²) in [6.45, 7) is 6.41. The molecule has 2 aromatic heterocycles. The van der Waals surface area contributed by atoms with Gasteiger partial charge in [0.25, 0.3) is 5.56 Å². The normalized spacial score (nSPS) is 10.8. The molecule has 1 N–H and O–H groups in total. The van der Waals surface area contributed by atoms with E-state index >= 15 is 0 Å². The van der Waals surface area contributed by atoms with Crippen LogP contribution in [0.15, 0.2) is 33.8 Å². The predicted octanol–water partition coefficient (Wildman–Crippen LogP) is 2.90. The number of hydrogen-bond acceptors (Lipinski definition) is 4. The Morgan fingerprint density at radius 2 is 2.20 bits per heavy atom. The molecule has 0 spiro atoms. The van der Waals surface area contributed by atoms with Gasteiger partial charge in [-0.15, -0.1) is 0 Å². The van der Waals surface area contributed by atoms with Crippen molar-refractivity contribution >= 4 is 21.6 Å². The van der Waals surface area contributed by atoms with Crippen LogP contribution in [0.5, 0.6) is 0 Å². The van der Waals surface area contributed by atoms with E-state index in [4.69, 9.17) is 0 Å². The molecular formula is C14H17BrN4O. The highest BCUT2D eigenvalue weighted by molar-refractivity contribution is 9.10. The smallest absolute Gasteiger partial charge is 0.283 e. The van der Waals surface area contributed by atoms with Crippen LogP contribution in [0.3, 0.4) is 0 Å². The second kappa shape index (κ2) is 6.17. The minimum absolute atomic E-state index is 0.0332. The first-order valence-corrected chi connectivity index (χ1v) is 7.21. The molecule has 2 heterocycles. The SMILES string of the molecule is Cc1cccnc1CNc1cnn(C(C)C)c(=O)c1Br. The van der Waals surface area contributed by atoms with Crippen molar-refractivity contribution in [1.29, 1.82) is 0 Å². The predicted molar refractivity (Wildman–Crippen MR) is 82.9 cm³/mol. The molecule has 0 aliphatic carbocycles. The van der Waals surface area contributed by atoms with E-state index < -0.39 is 0 Å². The second-order valence-corrected chi connectivity index (χ2v) is 5.63. The summed E-state index contributed by atoms with van der Waals surface area (Å²) in [4.78, 5) is 16.4. The number of aryl methyl sites for hydroxylation is 1. The van der Waals surface area contributed by atoms with Gasteiger partial charge in [0, 0.05) is 6.20 Å². The monoisotopic (exact) mass is 336 g/mol. The largest absolute Gasteiger partial charge is 0.377 e. The Hall–Kier alpha value is -1.69. The Kier molecular flexibility index (Phi) is 4.54. The molecule has 0 unspecified atom stereocenters. The van der Waals surface area contributed by atoms with Crippen LogP contribution < -0.4 is 10.9 Å². The third-order valence-corrected chi connectivity index (χ3v) is 3.76. The van der Waals surface area contributed by atoms with Gasteiger partial charge in [-0.25, -0.2) is 4.68 Å². The van der Waals surface area contributed by atoms with E-state index in [0.29, 0.717) is 16.7 Å². The highest BCUT2D eigenvalue weighted by Gasteiger charge is 2.11. The van der Waals surface area contributed by atoms with Crippen LogP contribution in [-0.4, -0.2) is 14.8 Å². The van der Waals surface area contributed by atoms with Crippen LogP contribution in [-0.2, 0) is 6.54 Å². The van der Waals surface area contributed by atoms with Crippen molar-refractivity contribution < 1.29 is 0 Å². The van der Waals surface area contributed by atoms with Gasteiger partial charge in [-0.1, -0.05) is 6.07 Å². The summed E-state index contributed by atoms with van der Waals surface area (Å²) < 4.78 is 1.94. The van der Waals surface area contributed by atoms with Gasteiger partial charge in [0.15, 0.2) is 0 Å². The standard InChI is InChI=1S/C14H17BrN4O/c1-9(2)19-14(20)13(15)12(8-18-19)17-7-11-10(3)5-4-6-16-11/h4-6,8-9,17H,7H2,1-3H3. The van der Waals surface area contributed by atoms with Crippen LogP contribution in [0.25, 0.3) is 0 Å². The summed E-state index contributed by atoms with van der Waals surface area (Å²) in [5, 5.41) is 7.36. The molecule has 20 heavy (non-hydrogen) atoms. The van der Waals surface area contributed by atoms with Gasteiger partial charge in [-0.3, -0.25) is 9.78 Å². The fourth-order valence-electron chi connectivity index (χ4n) is 1.82. The van der Waals surface area contributed by atoms with Crippen LogP contribution in [0.4, 0.5) is 5.69 Å². The van der Waals surface area contributed by atoms with Crippen LogP contribution >= 0.6 is 15.9 Å². The van der Waals surface area contributed by atoms with Gasteiger partial charge in [0.2, 0.25) is 0 Å². The molecule has 0 atom stereocenters. The average Bonchev–Trinajstić information content (AvgIpc) is 2.41. The van der Waals surface area contributed by atoms with Gasteiger partial charge in [0.05, 0.1) is 30.2 Å². The maximum atomic E-state index is 12.1. The van der Waals surface area contributed by atoms with Crippen molar-refractivity contribution in [2.75, 3.05) is 5.32 Å². The summed E-state index contributed by atoms with van der Waals surface area (Å²) >= 11 is 3.34. The maximum absolute atomic E-state index is 12.1. The molecule has 2 aromatic rings.